The van der Waals surface area contributed by atoms with Gasteiger partial charge in [-0.15, -0.1) is 0 Å². The Morgan fingerprint density at radius 2 is 1.48 bits per heavy atom. The summed E-state index contributed by atoms with van der Waals surface area (Å²) < 4.78 is 7.78. The van der Waals surface area contributed by atoms with Crippen LogP contribution in [0.1, 0.15) is 40.2 Å². The molecule has 0 fully saturated rings. The topological polar surface area (TPSA) is 31.2 Å². The molecule has 120 valence electrons. The highest BCUT2D eigenvalue weighted by Crippen LogP contribution is 2.33. The molecule has 0 aliphatic heterocycles. The molecule has 0 radical (unpaired) electrons. The minimum atomic E-state index is -0.483. The van der Waals surface area contributed by atoms with Gasteiger partial charge in [-0.25, -0.2) is 4.79 Å². The molecule has 3 nitrogen and oxygen atoms in total. The van der Waals surface area contributed by atoms with Gasteiger partial charge in [-0.2, -0.15) is 0 Å². The number of aromatic nitrogens is 1. The first-order chi connectivity index (χ1) is 10.9. The number of carbonyl (C=O) groups is 1. The average molecular weight is 309 g/mol. The number of ether oxygens (including phenoxy) is 1. The predicted molar refractivity (Wildman–Crippen MR) is 94.6 cm³/mol. The van der Waals surface area contributed by atoms with Crippen LogP contribution in [-0.2, 0) is 9.53 Å². The van der Waals surface area contributed by atoms with Gasteiger partial charge in [0.15, 0.2) is 0 Å². The third-order valence-electron chi connectivity index (χ3n) is 3.99. The molecule has 3 aromatic rings. The minimum Gasteiger partial charge on any atom is -0.458 e. The van der Waals surface area contributed by atoms with Crippen molar-refractivity contribution in [3.8, 4) is 0 Å². The molecule has 0 N–H and O–H groups in total. The van der Waals surface area contributed by atoms with E-state index in [9.17, 15) is 4.79 Å². The van der Waals surface area contributed by atoms with Crippen LogP contribution < -0.4 is 0 Å². The summed E-state index contributed by atoms with van der Waals surface area (Å²) in [4.78, 5) is 12.7. The van der Waals surface area contributed by atoms with E-state index in [1.54, 1.807) is 0 Å². The fourth-order valence-electron chi connectivity index (χ4n) is 3.11. The summed E-state index contributed by atoms with van der Waals surface area (Å²) >= 11 is 0. The van der Waals surface area contributed by atoms with Crippen LogP contribution in [0, 0.1) is 0 Å². The van der Waals surface area contributed by atoms with Gasteiger partial charge >= 0.3 is 5.97 Å². The van der Waals surface area contributed by atoms with Crippen molar-refractivity contribution in [2.75, 3.05) is 0 Å². The Morgan fingerprint density at radius 1 is 1.00 bits per heavy atom. The number of hydrogen-bond donors (Lipinski definition) is 0. The maximum atomic E-state index is 12.7. The van der Waals surface area contributed by atoms with Gasteiger partial charge in [-0.05, 0) is 39.3 Å². The van der Waals surface area contributed by atoms with Crippen LogP contribution in [0.15, 0.2) is 48.5 Å². The van der Waals surface area contributed by atoms with E-state index in [2.05, 4.69) is 28.8 Å². The standard InChI is InChI=1S/C20H23NO2/c1-5-16(19(22)23-20(2,3)4)21-17-12-8-6-10-14(17)15-11-7-9-13-18(15)21/h6-13,16H,5H2,1-4H3. The van der Waals surface area contributed by atoms with Crippen molar-refractivity contribution in [1.29, 1.82) is 0 Å². The van der Waals surface area contributed by atoms with E-state index < -0.39 is 5.60 Å². The van der Waals surface area contributed by atoms with Crippen LogP contribution in [-0.4, -0.2) is 16.1 Å². The van der Waals surface area contributed by atoms with Gasteiger partial charge in [0.25, 0.3) is 0 Å². The number of para-hydroxylation sites is 2. The second-order valence-corrected chi connectivity index (χ2v) is 6.86. The maximum absolute atomic E-state index is 12.7. The van der Waals surface area contributed by atoms with Crippen LogP contribution in [0.3, 0.4) is 0 Å². The summed E-state index contributed by atoms with van der Waals surface area (Å²) in [5.41, 5.74) is 1.67. The van der Waals surface area contributed by atoms with Gasteiger partial charge in [0.2, 0.25) is 0 Å². The lowest BCUT2D eigenvalue weighted by Crippen LogP contribution is -2.30. The van der Waals surface area contributed by atoms with Gasteiger partial charge < -0.3 is 9.30 Å². The molecule has 1 heterocycles. The molecule has 0 aliphatic rings. The zero-order valence-electron chi connectivity index (χ0n) is 14.2. The van der Waals surface area contributed by atoms with Crippen molar-refractivity contribution >= 4 is 27.8 Å². The Morgan fingerprint density at radius 3 is 1.91 bits per heavy atom. The summed E-state index contributed by atoms with van der Waals surface area (Å²) in [5.74, 6) is -0.175. The third kappa shape index (κ3) is 2.83. The fraction of sp³-hybridized carbons (Fsp3) is 0.350. The molecule has 3 rings (SSSR count). The van der Waals surface area contributed by atoms with Crippen LogP contribution in [0.4, 0.5) is 0 Å². The molecule has 0 aliphatic carbocycles. The van der Waals surface area contributed by atoms with E-state index in [0.717, 1.165) is 11.0 Å². The number of esters is 1. The summed E-state index contributed by atoms with van der Waals surface area (Å²) in [5, 5.41) is 2.34. The van der Waals surface area contributed by atoms with Crippen molar-refractivity contribution in [2.24, 2.45) is 0 Å². The van der Waals surface area contributed by atoms with Gasteiger partial charge in [-0.1, -0.05) is 43.3 Å². The molecule has 3 heteroatoms. The van der Waals surface area contributed by atoms with E-state index in [-0.39, 0.29) is 12.0 Å². The largest absolute Gasteiger partial charge is 0.458 e. The van der Waals surface area contributed by atoms with E-state index in [1.807, 2.05) is 52.0 Å². The molecule has 0 saturated carbocycles. The monoisotopic (exact) mass is 309 g/mol. The van der Waals surface area contributed by atoms with E-state index in [0.29, 0.717) is 6.42 Å². The maximum Gasteiger partial charge on any atom is 0.329 e. The van der Waals surface area contributed by atoms with Gasteiger partial charge in [0.1, 0.15) is 11.6 Å². The first-order valence-corrected chi connectivity index (χ1v) is 8.13. The number of carbonyl (C=O) groups excluding carboxylic acids is 1. The molecule has 0 saturated heterocycles. The molecule has 1 aromatic heterocycles. The number of benzene rings is 2. The second kappa shape index (κ2) is 5.73. The first-order valence-electron chi connectivity index (χ1n) is 8.13. The fourth-order valence-corrected chi connectivity index (χ4v) is 3.11. The van der Waals surface area contributed by atoms with Gasteiger partial charge in [0.05, 0.1) is 0 Å². The van der Waals surface area contributed by atoms with Gasteiger partial charge in [-0.3, -0.25) is 0 Å². The van der Waals surface area contributed by atoms with Crippen molar-refractivity contribution in [3.63, 3.8) is 0 Å². The number of fused-ring (bicyclic) bond motifs is 3. The number of nitrogens with zero attached hydrogens (tertiary/aromatic N) is 1. The predicted octanol–water partition coefficient (Wildman–Crippen LogP) is 5.09. The van der Waals surface area contributed by atoms with Crippen LogP contribution >= 0.6 is 0 Å². The van der Waals surface area contributed by atoms with Gasteiger partial charge in [0, 0.05) is 21.8 Å². The van der Waals surface area contributed by atoms with Crippen molar-refractivity contribution in [3.05, 3.63) is 48.5 Å². The molecular formula is C20H23NO2. The highest BCUT2D eigenvalue weighted by molar-refractivity contribution is 6.08. The Balaban J connectivity index is 2.21. The second-order valence-electron chi connectivity index (χ2n) is 6.86. The highest BCUT2D eigenvalue weighted by atomic mass is 16.6. The van der Waals surface area contributed by atoms with E-state index in [4.69, 9.17) is 4.74 Å². The molecule has 1 atom stereocenters. The van der Waals surface area contributed by atoms with Crippen LogP contribution in [0.2, 0.25) is 0 Å². The minimum absolute atomic E-state index is 0.175. The zero-order chi connectivity index (χ0) is 16.6. The summed E-state index contributed by atoms with van der Waals surface area (Å²) in [6.07, 6.45) is 0.692. The zero-order valence-corrected chi connectivity index (χ0v) is 14.2. The Kier molecular flexibility index (Phi) is 3.88. The lowest BCUT2D eigenvalue weighted by molar-refractivity contribution is -0.158. The first kappa shape index (κ1) is 15.6. The molecule has 1 unspecified atom stereocenters. The average Bonchev–Trinajstić information content (AvgIpc) is 2.82. The number of hydrogen-bond acceptors (Lipinski definition) is 2. The van der Waals surface area contributed by atoms with Crippen molar-refractivity contribution in [1.82, 2.24) is 4.57 Å². The summed E-state index contributed by atoms with van der Waals surface area (Å²) in [6.45, 7) is 7.74. The van der Waals surface area contributed by atoms with Crippen LogP contribution in [0.5, 0.6) is 0 Å². The molecule has 23 heavy (non-hydrogen) atoms. The molecular weight excluding hydrogens is 286 g/mol. The Hall–Kier alpha value is -2.29. The normalized spacial score (nSPS) is 13.4. The lowest BCUT2D eigenvalue weighted by atomic mass is 10.1. The van der Waals surface area contributed by atoms with E-state index >= 15 is 0 Å². The SMILES string of the molecule is CCC(C(=O)OC(C)(C)C)n1c2ccccc2c2ccccc21. The Bertz CT molecular complexity index is 802. The molecule has 2 aromatic carbocycles. The summed E-state index contributed by atoms with van der Waals surface area (Å²) in [6, 6.07) is 16.1. The third-order valence-corrected chi connectivity index (χ3v) is 3.99. The summed E-state index contributed by atoms with van der Waals surface area (Å²) in [7, 11) is 0. The van der Waals surface area contributed by atoms with E-state index in [1.165, 1.54) is 10.8 Å². The molecule has 0 amide bonds. The van der Waals surface area contributed by atoms with Crippen molar-refractivity contribution < 1.29 is 9.53 Å². The molecule has 0 bridgehead atoms. The smallest absolute Gasteiger partial charge is 0.329 e. The lowest BCUT2D eigenvalue weighted by Gasteiger charge is -2.25. The highest BCUT2D eigenvalue weighted by Gasteiger charge is 2.27. The molecule has 0 spiro atoms. The van der Waals surface area contributed by atoms with Crippen molar-refractivity contribution in [2.45, 2.75) is 45.8 Å². The quantitative estimate of drug-likeness (QED) is 0.631. The number of rotatable bonds is 3. The Labute approximate surface area is 136 Å². The van der Waals surface area contributed by atoms with Crippen LogP contribution in [0.25, 0.3) is 21.8 Å².